The number of hydrogen-bond donors (Lipinski definition) is 0. The molecule has 1 nitrogen and oxygen atoms in total. The van der Waals surface area contributed by atoms with Gasteiger partial charge in [-0.2, -0.15) is 0 Å². The zero-order chi connectivity index (χ0) is 17.0. The smallest absolute Gasteiger partial charge is 0.123 e. The van der Waals surface area contributed by atoms with E-state index in [0.29, 0.717) is 12.5 Å². The molecule has 0 aliphatic rings. The molecule has 0 amide bonds. The number of fused-ring (bicyclic) bond motifs is 1. The summed E-state index contributed by atoms with van der Waals surface area (Å²) in [6.07, 6.45) is 3.50. The van der Waals surface area contributed by atoms with Crippen molar-refractivity contribution in [2.45, 2.75) is 27.7 Å². The van der Waals surface area contributed by atoms with Gasteiger partial charge in [0.05, 0.1) is 6.61 Å². The molecule has 0 heterocycles. The monoisotopic (exact) mass is 302 g/mol. The van der Waals surface area contributed by atoms with Crippen LogP contribution in [0.25, 0.3) is 10.8 Å². The van der Waals surface area contributed by atoms with Crippen LogP contribution in [0, 0.1) is 11.7 Å². The van der Waals surface area contributed by atoms with Gasteiger partial charge < -0.3 is 4.74 Å². The maximum atomic E-state index is 13.0. The Bertz CT molecular complexity index is 567. The Hall–Kier alpha value is -2.09. The van der Waals surface area contributed by atoms with Crippen LogP contribution in [0.5, 0.6) is 5.75 Å². The van der Waals surface area contributed by atoms with Crippen molar-refractivity contribution in [1.82, 2.24) is 0 Å². The van der Waals surface area contributed by atoms with E-state index >= 15 is 0 Å². The van der Waals surface area contributed by atoms with Crippen LogP contribution in [0.15, 0.2) is 61.7 Å². The first-order valence-electron chi connectivity index (χ1n) is 7.44. The average molecular weight is 302 g/mol. The zero-order valence-corrected chi connectivity index (χ0v) is 14.1. The lowest BCUT2D eigenvalue weighted by atomic mass is 10.1. The molecule has 0 aromatic heterocycles. The third-order valence-corrected chi connectivity index (χ3v) is 2.36. The molecular weight excluding hydrogens is 275 g/mol. The van der Waals surface area contributed by atoms with E-state index < -0.39 is 0 Å². The van der Waals surface area contributed by atoms with E-state index in [9.17, 15) is 4.39 Å². The minimum Gasteiger partial charge on any atom is -0.493 e. The quantitative estimate of drug-likeness (QED) is 0.596. The Kier molecular flexibility index (Phi) is 10.5. The van der Waals surface area contributed by atoms with Gasteiger partial charge in [-0.05, 0) is 54.8 Å². The molecule has 2 heteroatoms. The number of ether oxygens (including phenoxy) is 1. The van der Waals surface area contributed by atoms with Gasteiger partial charge in [-0.15, -0.1) is 13.2 Å². The standard InChI is InChI=1S/C14H15FO.2C3H6/c1-10(2)9-16-14-6-4-11-3-5-13(15)7-12(11)8-14;2*1-3-2/h3-8,10H,9H2,1-2H3;2*3H,1H2,2H3. The number of benzene rings is 2. The first-order chi connectivity index (χ1) is 10.5. The molecule has 0 N–H and O–H groups in total. The molecule has 2 aromatic rings. The highest BCUT2D eigenvalue weighted by molar-refractivity contribution is 5.83. The summed E-state index contributed by atoms with van der Waals surface area (Å²) in [6.45, 7) is 15.4. The highest BCUT2D eigenvalue weighted by atomic mass is 19.1. The zero-order valence-electron chi connectivity index (χ0n) is 14.1. The highest BCUT2D eigenvalue weighted by Crippen LogP contribution is 2.22. The molecule has 0 spiro atoms. The molecule has 0 saturated heterocycles. The van der Waals surface area contributed by atoms with Gasteiger partial charge in [-0.25, -0.2) is 4.39 Å². The van der Waals surface area contributed by atoms with Crippen LogP contribution in [0.4, 0.5) is 4.39 Å². The van der Waals surface area contributed by atoms with E-state index in [1.165, 1.54) is 12.1 Å². The van der Waals surface area contributed by atoms with Gasteiger partial charge in [-0.1, -0.05) is 38.1 Å². The van der Waals surface area contributed by atoms with Crippen molar-refractivity contribution in [1.29, 1.82) is 0 Å². The fourth-order valence-electron chi connectivity index (χ4n) is 1.55. The Balaban J connectivity index is 0.000000639. The van der Waals surface area contributed by atoms with Crippen molar-refractivity contribution in [3.63, 3.8) is 0 Å². The van der Waals surface area contributed by atoms with E-state index in [-0.39, 0.29) is 5.82 Å². The number of rotatable bonds is 3. The van der Waals surface area contributed by atoms with Gasteiger partial charge in [0, 0.05) is 0 Å². The summed E-state index contributed by atoms with van der Waals surface area (Å²) in [7, 11) is 0. The Morgan fingerprint density at radius 1 is 1.00 bits per heavy atom. The second-order valence-corrected chi connectivity index (χ2v) is 5.17. The van der Waals surface area contributed by atoms with Gasteiger partial charge in [0.15, 0.2) is 0 Å². The van der Waals surface area contributed by atoms with Gasteiger partial charge in [-0.3, -0.25) is 0 Å². The minimum absolute atomic E-state index is 0.214. The van der Waals surface area contributed by atoms with Crippen molar-refractivity contribution in [3.05, 3.63) is 67.5 Å². The molecule has 2 aromatic carbocycles. The summed E-state index contributed by atoms with van der Waals surface area (Å²) in [4.78, 5) is 0. The Morgan fingerprint density at radius 2 is 1.55 bits per heavy atom. The van der Waals surface area contributed by atoms with Crippen LogP contribution in [-0.4, -0.2) is 6.61 Å². The van der Waals surface area contributed by atoms with Gasteiger partial charge in [0.25, 0.3) is 0 Å². The van der Waals surface area contributed by atoms with Crippen molar-refractivity contribution in [3.8, 4) is 5.75 Å². The molecule has 0 unspecified atom stereocenters. The van der Waals surface area contributed by atoms with Crippen LogP contribution in [0.3, 0.4) is 0 Å². The van der Waals surface area contributed by atoms with Crippen molar-refractivity contribution >= 4 is 10.8 Å². The van der Waals surface area contributed by atoms with Crippen LogP contribution < -0.4 is 4.74 Å². The molecule has 0 saturated carbocycles. The maximum Gasteiger partial charge on any atom is 0.123 e. The van der Waals surface area contributed by atoms with E-state index in [1.54, 1.807) is 18.2 Å². The van der Waals surface area contributed by atoms with Crippen molar-refractivity contribution < 1.29 is 9.13 Å². The van der Waals surface area contributed by atoms with Crippen LogP contribution in [0.1, 0.15) is 27.7 Å². The van der Waals surface area contributed by atoms with Crippen molar-refractivity contribution in [2.24, 2.45) is 5.92 Å². The molecule has 0 bridgehead atoms. The van der Waals surface area contributed by atoms with Crippen molar-refractivity contribution in [2.75, 3.05) is 6.61 Å². The third-order valence-electron chi connectivity index (χ3n) is 2.36. The average Bonchev–Trinajstić information content (AvgIpc) is 2.46. The number of allylic oxidation sites excluding steroid dienone is 2. The molecule has 0 atom stereocenters. The topological polar surface area (TPSA) is 9.23 Å². The van der Waals surface area contributed by atoms with Gasteiger partial charge in [0.2, 0.25) is 0 Å². The lowest BCUT2D eigenvalue weighted by molar-refractivity contribution is 0.271. The summed E-state index contributed by atoms with van der Waals surface area (Å²) in [5, 5.41) is 1.90. The van der Waals surface area contributed by atoms with E-state index in [2.05, 4.69) is 27.0 Å². The van der Waals surface area contributed by atoms with Crippen LogP contribution in [-0.2, 0) is 0 Å². The van der Waals surface area contributed by atoms with Crippen LogP contribution in [0.2, 0.25) is 0 Å². The van der Waals surface area contributed by atoms with Gasteiger partial charge in [0.1, 0.15) is 11.6 Å². The highest BCUT2D eigenvalue weighted by Gasteiger charge is 2.00. The fourth-order valence-corrected chi connectivity index (χ4v) is 1.55. The van der Waals surface area contributed by atoms with Gasteiger partial charge >= 0.3 is 0 Å². The first-order valence-corrected chi connectivity index (χ1v) is 7.44. The molecule has 22 heavy (non-hydrogen) atoms. The number of hydrogen-bond acceptors (Lipinski definition) is 1. The molecule has 0 radical (unpaired) electrons. The maximum absolute atomic E-state index is 13.0. The summed E-state index contributed by atoms with van der Waals surface area (Å²) in [6, 6.07) is 10.5. The molecule has 2 rings (SSSR count). The summed E-state index contributed by atoms with van der Waals surface area (Å²) >= 11 is 0. The molecule has 120 valence electrons. The normalized spacial score (nSPS) is 9.18. The van der Waals surface area contributed by atoms with E-state index in [1.807, 2.05) is 32.0 Å². The Labute approximate surface area is 134 Å². The SMILES string of the molecule is C=CC.C=CC.CC(C)COc1ccc2ccc(F)cc2c1. The summed E-state index contributed by atoms with van der Waals surface area (Å²) in [5.74, 6) is 1.07. The molecule has 0 fully saturated rings. The molecule has 0 aliphatic carbocycles. The molecule has 0 aliphatic heterocycles. The van der Waals surface area contributed by atoms with Crippen LogP contribution >= 0.6 is 0 Å². The lowest BCUT2D eigenvalue weighted by Gasteiger charge is -2.09. The largest absolute Gasteiger partial charge is 0.493 e. The number of halogens is 1. The predicted octanol–water partition coefficient (Wildman–Crippen LogP) is 6.40. The summed E-state index contributed by atoms with van der Waals surface area (Å²) < 4.78 is 18.6. The lowest BCUT2D eigenvalue weighted by Crippen LogP contribution is -2.04. The van der Waals surface area contributed by atoms with E-state index in [4.69, 9.17) is 4.74 Å². The second-order valence-electron chi connectivity index (χ2n) is 5.17. The first kappa shape index (κ1) is 19.9. The summed E-state index contributed by atoms with van der Waals surface area (Å²) in [5.41, 5.74) is 0. The Morgan fingerprint density at radius 3 is 2.09 bits per heavy atom. The van der Waals surface area contributed by atoms with E-state index in [0.717, 1.165) is 16.5 Å². The molecular formula is C20H27FO. The second kappa shape index (κ2) is 11.6. The third kappa shape index (κ3) is 8.25. The fraction of sp³-hybridized carbons (Fsp3) is 0.300. The predicted molar refractivity (Wildman–Crippen MR) is 96.0 cm³/mol. The minimum atomic E-state index is -0.214.